The smallest absolute Gasteiger partial charge is 0.310 e. The molecule has 33 heavy (non-hydrogen) atoms. The molecule has 1 N–H and O–H groups in total. The van der Waals surface area contributed by atoms with Crippen molar-refractivity contribution in [1.29, 1.82) is 0 Å². The van der Waals surface area contributed by atoms with Crippen molar-refractivity contribution in [2.24, 2.45) is 23.7 Å². The van der Waals surface area contributed by atoms with Crippen LogP contribution in [0.3, 0.4) is 0 Å². The predicted molar refractivity (Wildman–Crippen MR) is 128 cm³/mol. The van der Waals surface area contributed by atoms with Gasteiger partial charge >= 0.3 is 5.97 Å². The summed E-state index contributed by atoms with van der Waals surface area (Å²) in [6, 6.07) is 25.3. The molecule has 6 heteroatoms. The van der Waals surface area contributed by atoms with Crippen LogP contribution in [0.5, 0.6) is 11.5 Å². The van der Waals surface area contributed by atoms with Gasteiger partial charge in [-0.2, -0.15) is 0 Å². The van der Waals surface area contributed by atoms with Crippen LogP contribution in [0.25, 0.3) is 11.1 Å². The van der Waals surface area contributed by atoms with Crippen LogP contribution in [-0.4, -0.2) is 22.8 Å². The molecule has 6 rings (SSSR count). The average Bonchev–Trinajstić information content (AvgIpc) is 3.46. The number of halogens is 1. The van der Waals surface area contributed by atoms with Gasteiger partial charge in [-0.15, -0.1) is 0 Å². The third-order valence-electron chi connectivity index (χ3n) is 7.15. The summed E-state index contributed by atoms with van der Waals surface area (Å²) in [6.45, 7) is 0. The maximum absolute atomic E-state index is 13.1. The third-order valence-corrected chi connectivity index (χ3v) is 8.35. The maximum atomic E-state index is 13.1. The molecule has 3 fully saturated rings. The molecule has 0 aromatic heterocycles. The second kappa shape index (κ2) is 8.03. The summed E-state index contributed by atoms with van der Waals surface area (Å²) in [5.41, 5.74) is 2.78. The van der Waals surface area contributed by atoms with Gasteiger partial charge in [-0.05, 0) is 48.2 Å². The SMILES string of the molecule is O=C(Nc1ccc(Oc2ccccc2-c2ccccc2)cc1)[C@@H]1[C@H]2C[C@H]3[C@H](OC(=O)[C@@H]31)[C@@H]2Br. The number of rotatable bonds is 5. The highest BCUT2D eigenvalue weighted by molar-refractivity contribution is 9.09. The summed E-state index contributed by atoms with van der Waals surface area (Å²) in [5, 5.41) is 3.00. The number of benzene rings is 3. The molecule has 5 nitrogen and oxygen atoms in total. The number of ether oxygens (including phenoxy) is 2. The van der Waals surface area contributed by atoms with E-state index in [2.05, 4.69) is 33.4 Å². The number of fused-ring (bicyclic) bond motifs is 1. The van der Waals surface area contributed by atoms with Gasteiger partial charge < -0.3 is 14.8 Å². The van der Waals surface area contributed by atoms with Gasteiger partial charge in [-0.3, -0.25) is 9.59 Å². The molecule has 2 saturated carbocycles. The highest BCUT2D eigenvalue weighted by Gasteiger charge is 2.67. The van der Waals surface area contributed by atoms with Crippen LogP contribution in [0.2, 0.25) is 0 Å². The van der Waals surface area contributed by atoms with Gasteiger partial charge in [0.15, 0.2) is 0 Å². The number of nitrogens with one attached hydrogen (secondary N) is 1. The molecule has 1 saturated heterocycles. The van der Waals surface area contributed by atoms with Crippen LogP contribution in [0.15, 0.2) is 78.9 Å². The second-order valence-electron chi connectivity index (χ2n) is 8.94. The van der Waals surface area contributed by atoms with Crippen molar-refractivity contribution < 1.29 is 19.1 Å². The molecule has 1 aliphatic heterocycles. The highest BCUT2D eigenvalue weighted by Crippen LogP contribution is 2.60. The number of para-hydroxylation sites is 1. The first-order valence-electron chi connectivity index (χ1n) is 11.2. The molecule has 2 aliphatic carbocycles. The Labute approximate surface area is 200 Å². The Morgan fingerprint density at radius 2 is 1.67 bits per heavy atom. The monoisotopic (exact) mass is 503 g/mol. The molecular formula is C27H22BrNO4. The Kier molecular flexibility index (Phi) is 4.98. The molecule has 166 valence electrons. The second-order valence-corrected chi connectivity index (χ2v) is 10.00. The van der Waals surface area contributed by atoms with Gasteiger partial charge in [-0.1, -0.05) is 64.5 Å². The summed E-state index contributed by atoms with van der Waals surface area (Å²) in [5.74, 6) is 0.730. The van der Waals surface area contributed by atoms with E-state index in [1.807, 2.05) is 66.7 Å². The highest BCUT2D eigenvalue weighted by atomic mass is 79.9. The normalized spacial score (nSPS) is 29.1. The van der Waals surface area contributed by atoms with E-state index in [9.17, 15) is 9.59 Å². The minimum atomic E-state index is -0.348. The van der Waals surface area contributed by atoms with E-state index in [1.54, 1.807) is 0 Å². The largest absolute Gasteiger partial charge is 0.461 e. The molecule has 1 amide bonds. The molecular weight excluding hydrogens is 482 g/mol. The van der Waals surface area contributed by atoms with E-state index >= 15 is 0 Å². The molecule has 6 atom stereocenters. The topological polar surface area (TPSA) is 64.6 Å². The zero-order valence-electron chi connectivity index (χ0n) is 17.7. The number of carbonyl (C=O) groups is 2. The zero-order valence-corrected chi connectivity index (χ0v) is 19.3. The van der Waals surface area contributed by atoms with Crippen molar-refractivity contribution in [2.45, 2.75) is 17.4 Å². The van der Waals surface area contributed by atoms with Crippen molar-refractivity contribution >= 4 is 33.5 Å². The van der Waals surface area contributed by atoms with Crippen LogP contribution in [0.4, 0.5) is 5.69 Å². The first-order valence-corrected chi connectivity index (χ1v) is 12.1. The molecule has 3 aromatic rings. The molecule has 2 bridgehead atoms. The van der Waals surface area contributed by atoms with Gasteiger partial charge in [0.2, 0.25) is 5.91 Å². The number of hydrogen-bond donors (Lipinski definition) is 1. The van der Waals surface area contributed by atoms with E-state index < -0.39 is 0 Å². The van der Waals surface area contributed by atoms with Crippen LogP contribution in [0.1, 0.15) is 6.42 Å². The molecule has 1 heterocycles. The Hall–Kier alpha value is -3.12. The summed E-state index contributed by atoms with van der Waals surface area (Å²) in [4.78, 5) is 25.5. The minimum Gasteiger partial charge on any atom is -0.461 e. The first kappa shape index (κ1) is 20.5. The lowest BCUT2D eigenvalue weighted by Crippen LogP contribution is -2.40. The third kappa shape index (κ3) is 3.44. The van der Waals surface area contributed by atoms with E-state index in [0.29, 0.717) is 11.4 Å². The molecule has 0 radical (unpaired) electrons. The van der Waals surface area contributed by atoms with E-state index in [-0.39, 0.29) is 46.5 Å². The summed E-state index contributed by atoms with van der Waals surface area (Å²) >= 11 is 3.66. The van der Waals surface area contributed by atoms with Crippen molar-refractivity contribution in [3.63, 3.8) is 0 Å². The minimum absolute atomic E-state index is 0.0569. The van der Waals surface area contributed by atoms with Gasteiger partial charge in [0.05, 0.1) is 16.7 Å². The number of amides is 1. The number of carbonyl (C=O) groups excluding carboxylic acids is 2. The first-order chi connectivity index (χ1) is 16.1. The van der Waals surface area contributed by atoms with Crippen molar-refractivity contribution in [2.75, 3.05) is 5.32 Å². The fraction of sp³-hybridized carbons (Fsp3) is 0.259. The lowest BCUT2D eigenvalue weighted by Gasteiger charge is -2.27. The predicted octanol–water partition coefficient (Wildman–Crippen LogP) is 5.66. The van der Waals surface area contributed by atoms with Gasteiger partial charge in [0, 0.05) is 17.2 Å². The molecule has 3 aromatic carbocycles. The standard InChI is InChI=1S/C27H22BrNO4/c28-24-19-14-20-23(27(31)33-25(20)24)22(19)26(30)29-16-10-12-17(13-11-16)32-21-9-5-4-8-18(21)15-6-2-1-3-7-15/h1-13,19-20,22-25H,14H2,(H,29,30)/t19-,20-,22-,23+,24-,25+/m1/s1. The van der Waals surface area contributed by atoms with Crippen LogP contribution < -0.4 is 10.1 Å². The fourth-order valence-electron chi connectivity index (χ4n) is 5.70. The van der Waals surface area contributed by atoms with E-state index in [0.717, 1.165) is 23.3 Å². The molecule has 3 aliphatic rings. The van der Waals surface area contributed by atoms with Crippen LogP contribution >= 0.6 is 15.9 Å². The van der Waals surface area contributed by atoms with E-state index in [4.69, 9.17) is 9.47 Å². The number of anilines is 1. The number of alkyl halides is 1. The Morgan fingerprint density at radius 3 is 2.45 bits per heavy atom. The Balaban J connectivity index is 1.17. The van der Waals surface area contributed by atoms with Gasteiger partial charge in [0.25, 0.3) is 0 Å². The van der Waals surface area contributed by atoms with Crippen LogP contribution in [0, 0.1) is 23.7 Å². The van der Waals surface area contributed by atoms with Gasteiger partial charge in [0.1, 0.15) is 17.6 Å². The Morgan fingerprint density at radius 1 is 0.939 bits per heavy atom. The quantitative estimate of drug-likeness (QED) is 0.360. The average molecular weight is 504 g/mol. The Bertz CT molecular complexity index is 1210. The van der Waals surface area contributed by atoms with Crippen molar-refractivity contribution in [1.82, 2.24) is 0 Å². The summed E-state index contributed by atoms with van der Waals surface area (Å²) < 4.78 is 11.7. The molecule has 0 unspecified atom stereocenters. The number of esters is 1. The fourth-order valence-corrected chi connectivity index (χ4v) is 6.75. The van der Waals surface area contributed by atoms with E-state index in [1.165, 1.54) is 0 Å². The lowest BCUT2D eigenvalue weighted by atomic mass is 9.79. The van der Waals surface area contributed by atoms with Crippen molar-refractivity contribution in [3.05, 3.63) is 78.9 Å². The molecule has 0 spiro atoms. The zero-order chi connectivity index (χ0) is 22.5. The lowest BCUT2D eigenvalue weighted by molar-refractivity contribution is -0.145. The summed E-state index contributed by atoms with van der Waals surface area (Å²) in [7, 11) is 0. The van der Waals surface area contributed by atoms with Crippen LogP contribution in [-0.2, 0) is 14.3 Å². The maximum Gasteiger partial charge on any atom is 0.310 e. The van der Waals surface area contributed by atoms with Gasteiger partial charge in [-0.25, -0.2) is 0 Å². The summed E-state index contributed by atoms with van der Waals surface area (Å²) in [6.07, 6.45) is 0.787. The van der Waals surface area contributed by atoms with Crippen molar-refractivity contribution in [3.8, 4) is 22.6 Å². The number of hydrogen-bond acceptors (Lipinski definition) is 4.